The molecule has 0 radical (unpaired) electrons. The van der Waals surface area contributed by atoms with Gasteiger partial charge in [-0.3, -0.25) is 5.41 Å². The van der Waals surface area contributed by atoms with Crippen molar-refractivity contribution in [3.05, 3.63) is 23.8 Å². The van der Waals surface area contributed by atoms with Gasteiger partial charge in [0.15, 0.2) is 0 Å². The molecular formula is C11H18N2O. The standard InChI is InChI=1S/C11H18N2O/c1-8(2)9(3)13-7-10(14-4)5-6-11(13)12/h5-9,12H,1-4H3. The zero-order valence-electron chi connectivity index (χ0n) is 9.24. The molecule has 0 fully saturated rings. The predicted molar refractivity (Wildman–Crippen MR) is 56.4 cm³/mol. The average Bonchev–Trinajstić information content (AvgIpc) is 2.17. The number of ether oxygens (including phenoxy) is 1. The molecule has 1 aromatic heterocycles. The van der Waals surface area contributed by atoms with Crippen LogP contribution in [0.2, 0.25) is 0 Å². The van der Waals surface area contributed by atoms with E-state index in [2.05, 4.69) is 20.8 Å². The van der Waals surface area contributed by atoms with Crippen LogP contribution in [0.4, 0.5) is 0 Å². The molecule has 0 aromatic carbocycles. The maximum absolute atomic E-state index is 7.77. The summed E-state index contributed by atoms with van der Waals surface area (Å²) in [5, 5.41) is 7.77. The molecule has 0 saturated heterocycles. The molecule has 0 saturated carbocycles. The topological polar surface area (TPSA) is 38.0 Å². The maximum atomic E-state index is 7.77. The third kappa shape index (κ3) is 2.16. The summed E-state index contributed by atoms with van der Waals surface area (Å²) in [6.45, 7) is 6.41. The third-order valence-electron chi connectivity index (χ3n) is 2.59. The molecule has 3 heteroatoms. The monoisotopic (exact) mass is 194 g/mol. The van der Waals surface area contributed by atoms with Gasteiger partial charge in [-0.15, -0.1) is 0 Å². The summed E-state index contributed by atoms with van der Waals surface area (Å²) < 4.78 is 7.07. The molecule has 0 amide bonds. The minimum Gasteiger partial charge on any atom is -0.495 e. The van der Waals surface area contributed by atoms with Gasteiger partial charge >= 0.3 is 0 Å². The highest BCUT2D eigenvalue weighted by Gasteiger charge is 2.09. The zero-order valence-corrected chi connectivity index (χ0v) is 9.24. The van der Waals surface area contributed by atoms with Crippen molar-refractivity contribution in [2.75, 3.05) is 7.11 Å². The molecule has 0 aliphatic heterocycles. The van der Waals surface area contributed by atoms with Gasteiger partial charge in [0.1, 0.15) is 11.2 Å². The minimum atomic E-state index is 0.317. The summed E-state index contributed by atoms with van der Waals surface area (Å²) in [6.07, 6.45) is 1.88. The normalized spacial score (nSPS) is 12.9. The Bertz CT molecular complexity index is 355. The maximum Gasteiger partial charge on any atom is 0.135 e. The number of nitrogens with one attached hydrogen (secondary N) is 1. The molecule has 1 N–H and O–H groups in total. The molecule has 78 valence electrons. The van der Waals surface area contributed by atoms with Gasteiger partial charge in [-0.2, -0.15) is 0 Å². The van der Waals surface area contributed by atoms with Crippen molar-refractivity contribution in [3.8, 4) is 5.75 Å². The van der Waals surface area contributed by atoms with E-state index in [1.54, 1.807) is 13.2 Å². The molecule has 1 unspecified atom stereocenters. The number of hydrogen-bond donors (Lipinski definition) is 1. The van der Waals surface area contributed by atoms with E-state index in [-0.39, 0.29) is 0 Å². The van der Waals surface area contributed by atoms with Gasteiger partial charge in [0.05, 0.1) is 7.11 Å². The first-order chi connectivity index (χ1) is 6.56. The van der Waals surface area contributed by atoms with Crippen molar-refractivity contribution >= 4 is 0 Å². The minimum absolute atomic E-state index is 0.317. The number of rotatable bonds is 3. The Hall–Kier alpha value is -1.25. The first-order valence-electron chi connectivity index (χ1n) is 4.87. The first kappa shape index (κ1) is 10.8. The van der Waals surface area contributed by atoms with Crippen LogP contribution in [0.15, 0.2) is 18.3 Å². The summed E-state index contributed by atoms with van der Waals surface area (Å²) in [5.74, 6) is 1.31. The number of pyridine rings is 1. The molecule has 3 nitrogen and oxygen atoms in total. The highest BCUT2D eigenvalue weighted by molar-refractivity contribution is 5.16. The van der Waals surface area contributed by atoms with Crippen LogP contribution in [-0.2, 0) is 0 Å². The van der Waals surface area contributed by atoms with Crippen LogP contribution in [0.1, 0.15) is 26.8 Å². The first-order valence-corrected chi connectivity index (χ1v) is 4.87. The Morgan fingerprint density at radius 3 is 2.43 bits per heavy atom. The van der Waals surface area contributed by atoms with E-state index in [1.165, 1.54) is 0 Å². The molecule has 0 aliphatic rings. The van der Waals surface area contributed by atoms with Gasteiger partial charge in [-0.1, -0.05) is 13.8 Å². The van der Waals surface area contributed by atoms with E-state index in [1.807, 2.05) is 16.8 Å². The predicted octanol–water partition coefficient (Wildman–Crippen LogP) is 2.19. The van der Waals surface area contributed by atoms with Gasteiger partial charge in [0.2, 0.25) is 0 Å². The SMILES string of the molecule is COc1ccc(=N)n(C(C)C(C)C)c1. The number of aromatic nitrogens is 1. The Morgan fingerprint density at radius 2 is 1.93 bits per heavy atom. The highest BCUT2D eigenvalue weighted by Crippen LogP contribution is 2.16. The van der Waals surface area contributed by atoms with Crippen molar-refractivity contribution < 1.29 is 4.74 Å². The fraction of sp³-hybridized carbons (Fsp3) is 0.545. The second kappa shape index (κ2) is 4.31. The highest BCUT2D eigenvalue weighted by atomic mass is 16.5. The van der Waals surface area contributed by atoms with Crippen molar-refractivity contribution in [3.63, 3.8) is 0 Å². The molecular weight excluding hydrogens is 176 g/mol. The van der Waals surface area contributed by atoms with Gasteiger partial charge in [-0.05, 0) is 25.0 Å². The lowest BCUT2D eigenvalue weighted by Crippen LogP contribution is -2.25. The van der Waals surface area contributed by atoms with Gasteiger partial charge in [0.25, 0.3) is 0 Å². The van der Waals surface area contributed by atoms with Crippen LogP contribution in [0.3, 0.4) is 0 Å². The summed E-state index contributed by atoms with van der Waals surface area (Å²) in [4.78, 5) is 0. The van der Waals surface area contributed by atoms with Crippen LogP contribution in [0, 0.1) is 11.3 Å². The van der Waals surface area contributed by atoms with Crippen molar-refractivity contribution in [1.29, 1.82) is 5.41 Å². The summed E-state index contributed by atoms with van der Waals surface area (Å²) in [5.41, 5.74) is 0.520. The van der Waals surface area contributed by atoms with Crippen LogP contribution in [0.5, 0.6) is 5.75 Å². The van der Waals surface area contributed by atoms with E-state index in [0.717, 1.165) is 5.75 Å². The molecule has 0 bridgehead atoms. The van der Waals surface area contributed by atoms with E-state index in [9.17, 15) is 0 Å². The number of methoxy groups -OCH3 is 1. The molecule has 0 spiro atoms. The second-order valence-corrected chi connectivity index (χ2v) is 3.85. The van der Waals surface area contributed by atoms with Crippen LogP contribution in [0.25, 0.3) is 0 Å². The lowest BCUT2D eigenvalue weighted by molar-refractivity contribution is 0.371. The fourth-order valence-electron chi connectivity index (χ4n) is 1.28. The smallest absolute Gasteiger partial charge is 0.135 e. The average molecular weight is 194 g/mol. The molecule has 1 aromatic rings. The molecule has 1 rings (SSSR count). The van der Waals surface area contributed by atoms with E-state index in [0.29, 0.717) is 17.4 Å². The second-order valence-electron chi connectivity index (χ2n) is 3.85. The summed E-state index contributed by atoms with van der Waals surface area (Å²) >= 11 is 0. The third-order valence-corrected chi connectivity index (χ3v) is 2.59. The van der Waals surface area contributed by atoms with Crippen LogP contribution in [-0.4, -0.2) is 11.7 Å². The Balaban J connectivity index is 3.12. The molecule has 14 heavy (non-hydrogen) atoms. The largest absolute Gasteiger partial charge is 0.495 e. The van der Waals surface area contributed by atoms with E-state index >= 15 is 0 Å². The summed E-state index contributed by atoms with van der Waals surface area (Å²) in [7, 11) is 1.64. The number of hydrogen-bond acceptors (Lipinski definition) is 2. The molecule has 1 atom stereocenters. The Morgan fingerprint density at radius 1 is 1.29 bits per heavy atom. The van der Waals surface area contributed by atoms with Crippen molar-refractivity contribution in [2.45, 2.75) is 26.8 Å². The van der Waals surface area contributed by atoms with Crippen LogP contribution >= 0.6 is 0 Å². The van der Waals surface area contributed by atoms with Crippen LogP contribution < -0.4 is 10.2 Å². The Labute approximate surface area is 84.8 Å². The lowest BCUT2D eigenvalue weighted by atomic mass is 10.1. The van der Waals surface area contributed by atoms with Gasteiger partial charge < -0.3 is 9.30 Å². The Kier molecular flexibility index (Phi) is 3.33. The molecule has 0 aliphatic carbocycles. The quantitative estimate of drug-likeness (QED) is 0.787. The van der Waals surface area contributed by atoms with Gasteiger partial charge in [0, 0.05) is 12.2 Å². The summed E-state index contributed by atoms with van der Waals surface area (Å²) in [6, 6.07) is 3.89. The molecule has 1 heterocycles. The number of nitrogens with zero attached hydrogens (tertiary/aromatic N) is 1. The van der Waals surface area contributed by atoms with E-state index in [4.69, 9.17) is 10.1 Å². The fourth-order valence-corrected chi connectivity index (χ4v) is 1.28. The van der Waals surface area contributed by atoms with Crippen molar-refractivity contribution in [1.82, 2.24) is 4.57 Å². The zero-order chi connectivity index (χ0) is 10.7. The van der Waals surface area contributed by atoms with Crippen molar-refractivity contribution in [2.24, 2.45) is 5.92 Å². The van der Waals surface area contributed by atoms with E-state index < -0.39 is 0 Å². The van der Waals surface area contributed by atoms with Gasteiger partial charge in [-0.25, -0.2) is 0 Å². The lowest BCUT2D eigenvalue weighted by Gasteiger charge is -2.20.